The molecule has 3 nitrogen and oxygen atoms in total. The van der Waals surface area contributed by atoms with Crippen molar-refractivity contribution in [3.8, 4) is 0 Å². The summed E-state index contributed by atoms with van der Waals surface area (Å²) in [5, 5.41) is 4.42. The fourth-order valence-electron chi connectivity index (χ4n) is 3.28. The Kier molecular flexibility index (Phi) is 1.96. The van der Waals surface area contributed by atoms with E-state index in [9.17, 15) is 8.78 Å². The monoisotopic (exact) mass is 279 g/mol. The molecule has 1 aromatic carbocycles. The minimum absolute atomic E-state index is 0.201. The van der Waals surface area contributed by atoms with Crippen LogP contribution in [0.2, 0.25) is 0 Å². The molecule has 0 saturated heterocycles. The summed E-state index contributed by atoms with van der Waals surface area (Å²) in [4.78, 5) is 0. The minimum Gasteiger partial charge on any atom is -0.303 e. The largest absolute Gasteiger partial charge is 0.303 e. The molecular formula is C13H11F2N3S. The van der Waals surface area contributed by atoms with Crippen LogP contribution in [-0.4, -0.2) is 14.3 Å². The van der Waals surface area contributed by atoms with Crippen LogP contribution in [0, 0.1) is 16.4 Å². The molecule has 2 heterocycles. The van der Waals surface area contributed by atoms with Gasteiger partial charge in [0.05, 0.1) is 0 Å². The fourth-order valence-corrected chi connectivity index (χ4v) is 3.48. The first-order chi connectivity index (χ1) is 9.01. The lowest BCUT2D eigenvalue weighted by Gasteiger charge is -2.13. The van der Waals surface area contributed by atoms with E-state index in [0.717, 1.165) is 23.9 Å². The number of aromatic nitrogens is 3. The maximum absolute atomic E-state index is 13.4. The number of nitrogens with zero attached hydrogens (tertiary/aromatic N) is 3. The van der Waals surface area contributed by atoms with Crippen LogP contribution in [0.1, 0.15) is 23.7 Å². The first-order valence-corrected chi connectivity index (χ1v) is 6.52. The quantitative estimate of drug-likeness (QED) is 0.749. The number of aryl methyl sites for hydroxylation is 1. The Balaban J connectivity index is 1.83. The summed E-state index contributed by atoms with van der Waals surface area (Å²) in [7, 11) is 1.82. The molecule has 98 valence electrons. The maximum atomic E-state index is 13.4. The Labute approximate surface area is 113 Å². The van der Waals surface area contributed by atoms with Crippen LogP contribution < -0.4 is 0 Å². The number of hydrogen-bond acceptors (Lipinski definition) is 2. The first kappa shape index (κ1) is 11.3. The highest BCUT2D eigenvalue weighted by molar-refractivity contribution is 7.71. The van der Waals surface area contributed by atoms with E-state index in [-0.39, 0.29) is 11.3 Å². The van der Waals surface area contributed by atoms with Crippen molar-refractivity contribution >= 4 is 12.2 Å². The Bertz CT molecular complexity index is 743. The smallest absolute Gasteiger partial charge is 0.197 e. The molecule has 0 spiro atoms. The van der Waals surface area contributed by atoms with Gasteiger partial charge in [0.15, 0.2) is 4.77 Å². The zero-order chi connectivity index (χ0) is 13.4. The molecule has 0 radical (unpaired) electrons. The van der Waals surface area contributed by atoms with Crippen LogP contribution in [0.4, 0.5) is 8.78 Å². The van der Waals surface area contributed by atoms with Gasteiger partial charge in [-0.05, 0) is 36.3 Å². The summed E-state index contributed by atoms with van der Waals surface area (Å²) < 4.78 is 31.1. The van der Waals surface area contributed by atoms with Gasteiger partial charge < -0.3 is 4.57 Å². The normalized spacial score (nSPS) is 27.2. The van der Waals surface area contributed by atoms with Gasteiger partial charge in [-0.25, -0.2) is 13.5 Å². The van der Waals surface area contributed by atoms with Crippen molar-refractivity contribution in [3.05, 3.63) is 46.0 Å². The molecule has 2 atom stereocenters. The number of fused-ring (bicyclic) bond motifs is 3. The third-order valence-electron chi connectivity index (χ3n) is 4.30. The lowest BCUT2D eigenvalue weighted by molar-refractivity contribution is 0.543. The van der Waals surface area contributed by atoms with Gasteiger partial charge in [-0.3, -0.25) is 0 Å². The number of rotatable bonds is 1. The number of hydrogen-bond donors (Lipinski definition) is 0. The van der Waals surface area contributed by atoms with E-state index in [1.807, 2.05) is 11.6 Å². The molecule has 19 heavy (non-hydrogen) atoms. The topological polar surface area (TPSA) is 22.8 Å². The summed E-state index contributed by atoms with van der Waals surface area (Å²) in [5.74, 6) is 0.126. The van der Waals surface area contributed by atoms with Gasteiger partial charge in [0.2, 0.25) is 0 Å². The average Bonchev–Trinajstić information content (AvgIpc) is 2.90. The third-order valence-corrected chi connectivity index (χ3v) is 4.79. The average molecular weight is 279 g/mol. The van der Waals surface area contributed by atoms with Crippen molar-refractivity contribution < 1.29 is 8.78 Å². The van der Waals surface area contributed by atoms with Gasteiger partial charge in [-0.2, -0.15) is 5.10 Å². The maximum Gasteiger partial charge on any atom is 0.197 e. The van der Waals surface area contributed by atoms with E-state index >= 15 is 0 Å². The highest BCUT2D eigenvalue weighted by Crippen LogP contribution is 2.65. The van der Waals surface area contributed by atoms with E-state index in [2.05, 4.69) is 5.10 Å². The second-order valence-electron chi connectivity index (χ2n) is 5.42. The van der Waals surface area contributed by atoms with E-state index in [0.29, 0.717) is 11.3 Å². The van der Waals surface area contributed by atoms with Crippen LogP contribution in [0.15, 0.2) is 18.2 Å². The van der Waals surface area contributed by atoms with Crippen molar-refractivity contribution in [1.82, 2.24) is 14.3 Å². The van der Waals surface area contributed by atoms with Crippen LogP contribution in [-0.2, 0) is 19.0 Å². The lowest BCUT2D eigenvalue weighted by Crippen LogP contribution is -2.14. The summed E-state index contributed by atoms with van der Waals surface area (Å²) in [6.07, 6.45) is 0.891. The zero-order valence-corrected chi connectivity index (χ0v) is 11.0. The lowest BCUT2D eigenvalue weighted by atomic mass is 9.94. The van der Waals surface area contributed by atoms with Crippen molar-refractivity contribution in [1.29, 1.82) is 0 Å². The van der Waals surface area contributed by atoms with Crippen LogP contribution in [0.3, 0.4) is 0 Å². The van der Waals surface area contributed by atoms with E-state index in [4.69, 9.17) is 12.2 Å². The molecule has 6 heteroatoms. The summed E-state index contributed by atoms with van der Waals surface area (Å²) >= 11 is 5.29. The van der Waals surface area contributed by atoms with Crippen molar-refractivity contribution in [2.24, 2.45) is 7.05 Å². The Morgan fingerprint density at radius 1 is 1.32 bits per heavy atom. The van der Waals surface area contributed by atoms with Gasteiger partial charge in [-0.15, -0.1) is 0 Å². The van der Waals surface area contributed by atoms with E-state index < -0.39 is 11.6 Å². The van der Waals surface area contributed by atoms with Gasteiger partial charge in [0, 0.05) is 31.0 Å². The predicted molar refractivity (Wildman–Crippen MR) is 67.4 cm³/mol. The molecule has 0 amide bonds. The predicted octanol–water partition coefficient (Wildman–Crippen LogP) is 2.67. The standard InChI is InChI=1S/C13H11F2N3S/c1-17-12(19)18-6-13(5-10(13)11(18)16-17)7-2-8(14)4-9(15)3-7/h2-4,10H,5-6H2,1H3/t10-,13+/m0/s1. The molecule has 1 fully saturated rings. The Morgan fingerprint density at radius 2 is 2.00 bits per heavy atom. The van der Waals surface area contributed by atoms with Crippen molar-refractivity contribution in [2.45, 2.75) is 24.3 Å². The van der Waals surface area contributed by atoms with E-state index in [1.165, 1.54) is 12.1 Å². The fraction of sp³-hybridized carbons (Fsp3) is 0.385. The highest BCUT2D eigenvalue weighted by atomic mass is 32.1. The minimum atomic E-state index is -0.524. The van der Waals surface area contributed by atoms with Crippen LogP contribution in [0.25, 0.3) is 0 Å². The van der Waals surface area contributed by atoms with Gasteiger partial charge in [0.1, 0.15) is 17.5 Å². The first-order valence-electron chi connectivity index (χ1n) is 6.11. The molecule has 0 unspecified atom stereocenters. The molecule has 2 aromatic rings. The summed E-state index contributed by atoms with van der Waals surface area (Å²) in [5.41, 5.74) is 0.519. The number of halogens is 2. The molecule has 1 saturated carbocycles. The molecule has 0 bridgehead atoms. The number of benzene rings is 1. The summed E-state index contributed by atoms with van der Waals surface area (Å²) in [6.45, 7) is 0.669. The Morgan fingerprint density at radius 3 is 2.63 bits per heavy atom. The second kappa shape index (κ2) is 3.30. The molecule has 1 aliphatic heterocycles. The summed E-state index contributed by atoms with van der Waals surface area (Å²) in [6, 6.07) is 3.76. The SMILES string of the molecule is Cn1nc2n(c1=S)C[C@@]1(c3cc(F)cc(F)c3)C[C@@H]21. The molecule has 4 rings (SSSR count). The molecular weight excluding hydrogens is 268 g/mol. The Hall–Kier alpha value is -1.56. The van der Waals surface area contributed by atoms with Crippen LogP contribution in [0.5, 0.6) is 0 Å². The molecule has 2 aliphatic rings. The van der Waals surface area contributed by atoms with Crippen molar-refractivity contribution in [3.63, 3.8) is 0 Å². The van der Waals surface area contributed by atoms with Crippen molar-refractivity contribution in [2.75, 3.05) is 0 Å². The second-order valence-corrected chi connectivity index (χ2v) is 5.79. The molecule has 0 N–H and O–H groups in total. The molecule has 1 aromatic heterocycles. The molecule has 1 aliphatic carbocycles. The van der Waals surface area contributed by atoms with Crippen LogP contribution >= 0.6 is 12.2 Å². The van der Waals surface area contributed by atoms with Gasteiger partial charge in [-0.1, -0.05) is 0 Å². The van der Waals surface area contributed by atoms with Gasteiger partial charge >= 0.3 is 0 Å². The highest BCUT2D eigenvalue weighted by Gasteiger charge is 2.63. The zero-order valence-electron chi connectivity index (χ0n) is 10.2. The van der Waals surface area contributed by atoms with E-state index in [1.54, 1.807) is 4.68 Å². The van der Waals surface area contributed by atoms with Gasteiger partial charge in [0.25, 0.3) is 0 Å². The third kappa shape index (κ3) is 1.35.